The van der Waals surface area contributed by atoms with E-state index in [-0.39, 0.29) is 30.7 Å². The van der Waals surface area contributed by atoms with E-state index in [1.165, 1.54) is 23.9 Å². The minimum Gasteiger partial charge on any atom is -0.394 e. The number of carbonyl (C=O) groups excluding carboxylic acids is 1. The van der Waals surface area contributed by atoms with Gasteiger partial charge in [0, 0.05) is 5.75 Å². The predicted molar refractivity (Wildman–Crippen MR) is 68.7 cm³/mol. The van der Waals surface area contributed by atoms with Crippen LogP contribution in [0.1, 0.15) is 5.56 Å². The molecule has 6 heteroatoms. The van der Waals surface area contributed by atoms with Crippen molar-refractivity contribution in [3.8, 4) is 0 Å². The molecule has 4 nitrogen and oxygen atoms in total. The summed E-state index contributed by atoms with van der Waals surface area (Å²) in [6.45, 7) is -0.574. The van der Waals surface area contributed by atoms with Crippen molar-refractivity contribution in [2.75, 3.05) is 19.0 Å². The number of aliphatic hydroxyl groups excluding tert-OH is 2. The van der Waals surface area contributed by atoms with E-state index in [2.05, 4.69) is 5.32 Å². The van der Waals surface area contributed by atoms with Gasteiger partial charge >= 0.3 is 0 Å². The van der Waals surface area contributed by atoms with Gasteiger partial charge in [-0.15, -0.1) is 11.8 Å². The van der Waals surface area contributed by atoms with E-state index < -0.39 is 6.04 Å². The number of nitrogens with one attached hydrogen (secondary N) is 1. The van der Waals surface area contributed by atoms with Crippen LogP contribution in [-0.4, -0.2) is 41.1 Å². The van der Waals surface area contributed by atoms with Crippen LogP contribution in [0.5, 0.6) is 0 Å². The summed E-state index contributed by atoms with van der Waals surface area (Å²) < 4.78 is 12.6. The number of hydrogen-bond donors (Lipinski definition) is 3. The Morgan fingerprint density at radius 3 is 2.44 bits per heavy atom. The normalized spacial score (nSPS) is 10.7. The van der Waals surface area contributed by atoms with E-state index in [9.17, 15) is 9.18 Å². The van der Waals surface area contributed by atoms with E-state index in [0.29, 0.717) is 5.75 Å². The average molecular weight is 273 g/mol. The van der Waals surface area contributed by atoms with Gasteiger partial charge in [-0.1, -0.05) is 12.1 Å². The smallest absolute Gasteiger partial charge is 0.230 e. The van der Waals surface area contributed by atoms with Crippen molar-refractivity contribution in [3.63, 3.8) is 0 Å². The topological polar surface area (TPSA) is 69.6 Å². The largest absolute Gasteiger partial charge is 0.394 e. The number of hydrogen-bond acceptors (Lipinski definition) is 4. The quantitative estimate of drug-likeness (QED) is 0.678. The molecule has 1 aromatic rings. The molecule has 0 aromatic heterocycles. The van der Waals surface area contributed by atoms with Crippen molar-refractivity contribution < 1.29 is 19.4 Å². The first kappa shape index (κ1) is 14.9. The second kappa shape index (κ2) is 8.07. The van der Waals surface area contributed by atoms with E-state index in [4.69, 9.17) is 10.2 Å². The number of carbonyl (C=O) groups is 1. The first-order valence-electron chi connectivity index (χ1n) is 5.49. The standard InChI is InChI=1S/C12H16FNO3S/c13-10-3-1-9(2-4-10)7-18-8-12(17)14-11(5-15)6-16/h1-4,11,15-16H,5-8H2,(H,14,17). The van der Waals surface area contributed by atoms with Crippen molar-refractivity contribution in [2.24, 2.45) is 0 Å². The highest BCUT2D eigenvalue weighted by molar-refractivity contribution is 7.99. The van der Waals surface area contributed by atoms with Gasteiger partial charge in [0.1, 0.15) is 5.82 Å². The number of aliphatic hydroxyl groups is 2. The molecule has 0 saturated heterocycles. The third-order valence-corrected chi connectivity index (χ3v) is 3.22. The predicted octanol–water partition coefficient (Wildman–Crippen LogP) is 0.528. The van der Waals surface area contributed by atoms with Crippen LogP contribution >= 0.6 is 11.8 Å². The van der Waals surface area contributed by atoms with Crippen LogP contribution in [0.25, 0.3) is 0 Å². The van der Waals surface area contributed by atoms with Crippen LogP contribution in [0.4, 0.5) is 4.39 Å². The second-order valence-electron chi connectivity index (χ2n) is 3.75. The van der Waals surface area contributed by atoms with Gasteiger partial charge in [0.2, 0.25) is 5.91 Å². The summed E-state index contributed by atoms with van der Waals surface area (Å²) in [6.07, 6.45) is 0. The zero-order valence-corrected chi connectivity index (χ0v) is 10.6. The van der Waals surface area contributed by atoms with Crippen molar-refractivity contribution >= 4 is 17.7 Å². The monoisotopic (exact) mass is 273 g/mol. The molecule has 0 aliphatic rings. The number of thioether (sulfide) groups is 1. The zero-order chi connectivity index (χ0) is 13.4. The third-order valence-electron chi connectivity index (χ3n) is 2.22. The molecule has 0 saturated carbocycles. The van der Waals surface area contributed by atoms with Crippen molar-refractivity contribution in [1.29, 1.82) is 0 Å². The highest BCUT2D eigenvalue weighted by atomic mass is 32.2. The molecule has 0 unspecified atom stereocenters. The fourth-order valence-electron chi connectivity index (χ4n) is 1.26. The highest BCUT2D eigenvalue weighted by Crippen LogP contribution is 2.12. The minimum absolute atomic E-state index is 0.230. The number of rotatable bonds is 7. The van der Waals surface area contributed by atoms with E-state index in [1.807, 2.05) is 0 Å². The summed E-state index contributed by atoms with van der Waals surface area (Å²) in [7, 11) is 0. The van der Waals surface area contributed by atoms with Crippen LogP contribution in [-0.2, 0) is 10.5 Å². The van der Waals surface area contributed by atoms with Gasteiger partial charge in [0.05, 0.1) is 25.0 Å². The lowest BCUT2D eigenvalue weighted by molar-refractivity contribution is -0.119. The van der Waals surface area contributed by atoms with Gasteiger partial charge in [-0.25, -0.2) is 4.39 Å². The molecule has 0 aliphatic heterocycles. The molecule has 3 N–H and O–H groups in total. The Bertz CT molecular complexity index is 368. The summed E-state index contributed by atoms with van der Waals surface area (Å²) in [4.78, 5) is 11.4. The van der Waals surface area contributed by atoms with Gasteiger partial charge in [0.25, 0.3) is 0 Å². The van der Waals surface area contributed by atoms with Crippen LogP contribution < -0.4 is 5.32 Å². The summed E-state index contributed by atoms with van der Waals surface area (Å²) >= 11 is 1.39. The molecular weight excluding hydrogens is 257 g/mol. The van der Waals surface area contributed by atoms with Gasteiger partial charge in [-0.2, -0.15) is 0 Å². The Kier molecular flexibility index (Phi) is 6.70. The lowest BCUT2D eigenvalue weighted by Crippen LogP contribution is -2.41. The minimum atomic E-state index is -0.607. The Hall–Kier alpha value is -1.11. The Balaban J connectivity index is 2.25. The van der Waals surface area contributed by atoms with Gasteiger partial charge in [-0.3, -0.25) is 4.79 Å². The fraction of sp³-hybridized carbons (Fsp3) is 0.417. The number of benzene rings is 1. The molecule has 18 heavy (non-hydrogen) atoms. The molecular formula is C12H16FNO3S. The van der Waals surface area contributed by atoms with Crippen molar-refractivity contribution in [2.45, 2.75) is 11.8 Å². The molecule has 1 aromatic carbocycles. The first-order chi connectivity index (χ1) is 8.65. The molecule has 0 bridgehead atoms. The molecule has 0 fully saturated rings. The molecule has 100 valence electrons. The average Bonchev–Trinajstić information content (AvgIpc) is 2.38. The molecule has 1 rings (SSSR count). The van der Waals surface area contributed by atoms with Crippen LogP contribution in [0.3, 0.4) is 0 Å². The van der Waals surface area contributed by atoms with Crippen molar-refractivity contribution in [3.05, 3.63) is 35.6 Å². The van der Waals surface area contributed by atoms with Gasteiger partial charge in [-0.05, 0) is 17.7 Å². The Morgan fingerprint density at radius 2 is 1.89 bits per heavy atom. The maximum Gasteiger partial charge on any atom is 0.230 e. The SMILES string of the molecule is O=C(CSCc1ccc(F)cc1)NC(CO)CO. The van der Waals surface area contributed by atoms with Gasteiger partial charge < -0.3 is 15.5 Å². The fourth-order valence-corrected chi connectivity index (χ4v) is 2.06. The molecule has 1 amide bonds. The summed E-state index contributed by atoms with van der Waals surface area (Å²) in [6, 6.07) is 5.49. The van der Waals surface area contributed by atoms with E-state index >= 15 is 0 Å². The van der Waals surface area contributed by atoms with E-state index in [0.717, 1.165) is 5.56 Å². The molecule has 0 aliphatic carbocycles. The van der Waals surface area contributed by atoms with Gasteiger partial charge in [0.15, 0.2) is 0 Å². The summed E-state index contributed by atoms with van der Waals surface area (Å²) in [5, 5.41) is 20.1. The second-order valence-corrected chi connectivity index (χ2v) is 4.73. The molecule has 0 spiro atoms. The van der Waals surface area contributed by atoms with Crippen LogP contribution in [0, 0.1) is 5.82 Å². The Morgan fingerprint density at radius 1 is 1.28 bits per heavy atom. The number of amides is 1. The molecule has 0 heterocycles. The first-order valence-corrected chi connectivity index (χ1v) is 6.64. The highest BCUT2D eigenvalue weighted by Gasteiger charge is 2.09. The lowest BCUT2D eigenvalue weighted by Gasteiger charge is -2.12. The molecule has 0 radical (unpaired) electrons. The van der Waals surface area contributed by atoms with Crippen LogP contribution in [0.15, 0.2) is 24.3 Å². The van der Waals surface area contributed by atoms with E-state index in [1.54, 1.807) is 12.1 Å². The van der Waals surface area contributed by atoms with Crippen molar-refractivity contribution in [1.82, 2.24) is 5.32 Å². The number of halogens is 1. The molecule has 0 atom stereocenters. The summed E-state index contributed by atoms with van der Waals surface area (Å²) in [5.74, 6) is 0.315. The van der Waals surface area contributed by atoms with Crippen LogP contribution in [0.2, 0.25) is 0 Å². The zero-order valence-electron chi connectivity index (χ0n) is 9.80. The Labute approximate surface area is 109 Å². The third kappa shape index (κ3) is 5.48. The maximum absolute atomic E-state index is 12.6. The lowest BCUT2D eigenvalue weighted by atomic mass is 10.2. The maximum atomic E-state index is 12.6. The summed E-state index contributed by atoms with van der Waals surface area (Å²) in [5.41, 5.74) is 0.940.